The molecule has 0 atom stereocenters. The van der Waals surface area contributed by atoms with E-state index in [9.17, 15) is 4.79 Å². The number of carbonyl (C=O) groups excluding carboxylic acids is 1. The van der Waals surface area contributed by atoms with E-state index in [0.717, 1.165) is 51.3 Å². The highest BCUT2D eigenvalue weighted by Gasteiger charge is 2.22. The number of likely N-dealkylation sites (tertiary alicyclic amines) is 1. The van der Waals surface area contributed by atoms with Crippen molar-refractivity contribution in [2.24, 2.45) is 5.92 Å². The number of hydrogen-bond acceptors (Lipinski definition) is 4. The van der Waals surface area contributed by atoms with Gasteiger partial charge in [0.1, 0.15) is 0 Å². The molecule has 0 bridgehead atoms. The molecule has 5 heteroatoms. The Morgan fingerprint density at radius 2 is 2.32 bits per heavy atom. The molecular formula is C14H22N2O2S. The van der Waals surface area contributed by atoms with E-state index in [1.165, 1.54) is 0 Å². The average molecular weight is 282 g/mol. The van der Waals surface area contributed by atoms with Crippen molar-refractivity contribution >= 4 is 17.2 Å². The van der Waals surface area contributed by atoms with Gasteiger partial charge in [-0.3, -0.25) is 4.79 Å². The zero-order valence-corrected chi connectivity index (χ0v) is 12.3. The second-order valence-electron chi connectivity index (χ2n) is 4.96. The van der Waals surface area contributed by atoms with E-state index >= 15 is 0 Å². The molecule has 1 fully saturated rings. The Morgan fingerprint density at radius 3 is 2.95 bits per heavy atom. The third kappa shape index (κ3) is 4.58. The fraction of sp³-hybridized carbons (Fsp3) is 0.714. The Kier molecular flexibility index (Phi) is 5.79. The molecule has 106 valence electrons. The largest absolute Gasteiger partial charge is 0.381 e. The van der Waals surface area contributed by atoms with Crippen LogP contribution in [0.4, 0.5) is 0 Å². The van der Waals surface area contributed by atoms with Crippen LogP contribution in [-0.4, -0.2) is 42.1 Å². The normalized spacial score (nSPS) is 16.8. The lowest BCUT2D eigenvalue weighted by Crippen LogP contribution is -2.39. The van der Waals surface area contributed by atoms with Gasteiger partial charge in [0.25, 0.3) is 0 Å². The Bertz CT molecular complexity index is 373. The molecule has 19 heavy (non-hydrogen) atoms. The second-order valence-corrected chi connectivity index (χ2v) is 5.68. The lowest BCUT2D eigenvalue weighted by atomic mass is 9.97. The molecule has 1 aromatic rings. The molecule has 1 saturated heterocycles. The fourth-order valence-corrected chi connectivity index (χ4v) is 2.98. The lowest BCUT2D eigenvalue weighted by molar-refractivity contribution is -0.132. The molecular weight excluding hydrogens is 260 g/mol. The van der Waals surface area contributed by atoms with Crippen molar-refractivity contribution in [1.29, 1.82) is 0 Å². The number of aryl methyl sites for hydroxylation is 1. The zero-order chi connectivity index (χ0) is 13.5. The third-order valence-corrected chi connectivity index (χ3v) is 4.24. The minimum absolute atomic E-state index is 0.267. The number of ether oxygens (including phenoxy) is 1. The summed E-state index contributed by atoms with van der Waals surface area (Å²) in [5, 5.41) is 2.02. The van der Waals surface area contributed by atoms with E-state index in [4.69, 9.17) is 4.74 Å². The number of hydrogen-bond donors (Lipinski definition) is 0. The Morgan fingerprint density at radius 1 is 1.53 bits per heavy atom. The first kappa shape index (κ1) is 14.5. The number of rotatable bonds is 6. The monoisotopic (exact) mass is 282 g/mol. The zero-order valence-electron chi connectivity index (χ0n) is 11.5. The number of nitrogens with zero attached hydrogens (tertiary/aromatic N) is 2. The van der Waals surface area contributed by atoms with Gasteiger partial charge in [0.15, 0.2) is 0 Å². The van der Waals surface area contributed by atoms with Gasteiger partial charge in [0, 0.05) is 38.1 Å². The first-order valence-electron chi connectivity index (χ1n) is 7.02. The van der Waals surface area contributed by atoms with Gasteiger partial charge >= 0.3 is 0 Å². The molecule has 0 unspecified atom stereocenters. The molecule has 0 N–H and O–H groups in total. The van der Waals surface area contributed by atoms with Crippen molar-refractivity contribution in [3.05, 3.63) is 16.6 Å². The minimum Gasteiger partial charge on any atom is -0.381 e. The van der Waals surface area contributed by atoms with Gasteiger partial charge in [-0.05, 0) is 32.1 Å². The maximum atomic E-state index is 12.1. The summed E-state index contributed by atoms with van der Waals surface area (Å²) in [5.41, 5.74) is 2.85. The molecule has 0 radical (unpaired) electrons. The van der Waals surface area contributed by atoms with E-state index in [1.807, 2.05) is 22.7 Å². The molecule has 0 saturated carbocycles. The first-order valence-corrected chi connectivity index (χ1v) is 7.96. The van der Waals surface area contributed by atoms with E-state index in [-0.39, 0.29) is 5.91 Å². The molecule has 4 nitrogen and oxygen atoms in total. The summed E-state index contributed by atoms with van der Waals surface area (Å²) < 4.78 is 5.45. The van der Waals surface area contributed by atoms with Gasteiger partial charge in [-0.1, -0.05) is 0 Å². The summed E-state index contributed by atoms with van der Waals surface area (Å²) >= 11 is 1.58. The maximum absolute atomic E-state index is 12.1. The van der Waals surface area contributed by atoms with Crippen LogP contribution in [0.25, 0.3) is 0 Å². The molecule has 1 aliphatic rings. The second kappa shape index (κ2) is 7.60. The predicted molar refractivity (Wildman–Crippen MR) is 76.2 cm³/mol. The number of amides is 1. The van der Waals surface area contributed by atoms with Crippen LogP contribution in [0, 0.1) is 5.92 Å². The van der Waals surface area contributed by atoms with E-state index in [0.29, 0.717) is 12.3 Å². The Hall–Kier alpha value is -0.940. The van der Waals surface area contributed by atoms with Crippen molar-refractivity contribution in [3.8, 4) is 0 Å². The topological polar surface area (TPSA) is 42.4 Å². The number of aromatic nitrogens is 1. The van der Waals surface area contributed by atoms with Crippen LogP contribution in [0.1, 0.15) is 31.9 Å². The third-order valence-electron chi connectivity index (χ3n) is 3.60. The first-order chi connectivity index (χ1) is 9.29. The molecule has 0 aromatic carbocycles. The molecule has 0 aliphatic carbocycles. The van der Waals surface area contributed by atoms with Crippen LogP contribution in [0.15, 0.2) is 10.9 Å². The summed E-state index contributed by atoms with van der Waals surface area (Å²) in [7, 11) is 0. The van der Waals surface area contributed by atoms with Gasteiger partial charge in [0.2, 0.25) is 5.91 Å². The summed E-state index contributed by atoms with van der Waals surface area (Å²) in [6, 6.07) is 0. The van der Waals surface area contributed by atoms with E-state index in [1.54, 1.807) is 11.3 Å². The molecule has 1 amide bonds. The fourth-order valence-electron chi connectivity index (χ4n) is 2.39. The van der Waals surface area contributed by atoms with Gasteiger partial charge in [-0.2, -0.15) is 0 Å². The van der Waals surface area contributed by atoms with Crippen LogP contribution in [0.2, 0.25) is 0 Å². The van der Waals surface area contributed by atoms with Crippen molar-refractivity contribution in [2.45, 2.75) is 32.6 Å². The Balaban J connectivity index is 1.67. The van der Waals surface area contributed by atoms with Crippen LogP contribution < -0.4 is 0 Å². The highest BCUT2D eigenvalue weighted by molar-refractivity contribution is 7.07. The summed E-state index contributed by atoms with van der Waals surface area (Å²) in [4.78, 5) is 18.3. The van der Waals surface area contributed by atoms with Crippen molar-refractivity contribution in [2.75, 3.05) is 26.3 Å². The minimum atomic E-state index is 0.267. The lowest BCUT2D eigenvalue weighted by Gasteiger charge is -2.31. The smallest absolute Gasteiger partial charge is 0.222 e. The van der Waals surface area contributed by atoms with Gasteiger partial charge in [0.05, 0.1) is 11.2 Å². The van der Waals surface area contributed by atoms with Crippen molar-refractivity contribution in [3.63, 3.8) is 0 Å². The number of thiazole rings is 1. The SMILES string of the molecule is CCOCC1CCN(C(=O)CCc2cscn2)CC1. The Labute approximate surface area is 118 Å². The van der Waals surface area contributed by atoms with Crippen molar-refractivity contribution < 1.29 is 9.53 Å². The maximum Gasteiger partial charge on any atom is 0.222 e. The summed E-state index contributed by atoms with van der Waals surface area (Å²) in [6.07, 6.45) is 3.49. The number of carbonyl (C=O) groups is 1. The van der Waals surface area contributed by atoms with Crippen LogP contribution in [0.3, 0.4) is 0 Å². The highest BCUT2D eigenvalue weighted by Crippen LogP contribution is 2.18. The molecule has 1 aliphatic heterocycles. The number of piperidine rings is 1. The molecule has 1 aromatic heterocycles. The standard InChI is InChI=1S/C14H22N2O2S/c1-2-18-9-12-5-7-16(8-6-12)14(17)4-3-13-10-19-11-15-13/h10-12H,2-9H2,1H3. The molecule has 0 spiro atoms. The molecule has 2 heterocycles. The van der Waals surface area contributed by atoms with Gasteiger partial charge in [-0.15, -0.1) is 11.3 Å². The molecule has 2 rings (SSSR count). The van der Waals surface area contributed by atoms with Crippen LogP contribution >= 0.6 is 11.3 Å². The quantitative estimate of drug-likeness (QED) is 0.804. The van der Waals surface area contributed by atoms with E-state index < -0.39 is 0 Å². The van der Waals surface area contributed by atoms with Gasteiger partial charge < -0.3 is 9.64 Å². The average Bonchev–Trinajstić information content (AvgIpc) is 2.96. The summed E-state index contributed by atoms with van der Waals surface area (Å²) in [6.45, 7) is 5.42. The van der Waals surface area contributed by atoms with Crippen molar-refractivity contribution in [1.82, 2.24) is 9.88 Å². The van der Waals surface area contributed by atoms with E-state index in [2.05, 4.69) is 4.98 Å². The van der Waals surface area contributed by atoms with Crippen LogP contribution in [0.5, 0.6) is 0 Å². The van der Waals surface area contributed by atoms with Gasteiger partial charge in [-0.25, -0.2) is 4.98 Å². The summed E-state index contributed by atoms with van der Waals surface area (Å²) in [5.74, 6) is 0.894. The highest BCUT2D eigenvalue weighted by atomic mass is 32.1. The van der Waals surface area contributed by atoms with Crippen LogP contribution in [-0.2, 0) is 16.0 Å². The predicted octanol–water partition coefficient (Wildman–Crippen LogP) is 2.35.